The second-order valence-corrected chi connectivity index (χ2v) is 6.38. The fourth-order valence-corrected chi connectivity index (χ4v) is 3.21. The summed E-state index contributed by atoms with van der Waals surface area (Å²) < 4.78 is 0. The third kappa shape index (κ3) is 3.89. The molecule has 1 amide bonds. The van der Waals surface area contributed by atoms with Gasteiger partial charge in [-0.3, -0.25) is 9.69 Å². The molecular weight excluding hydrogens is 286 g/mol. The van der Waals surface area contributed by atoms with Gasteiger partial charge in [-0.15, -0.1) is 0 Å². The van der Waals surface area contributed by atoms with E-state index in [0.717, 1.165) is 13.1 Å². The van der Waals surface area contributed by atoms with E-state index < -0.39 is 0 Å². The van der Waals surface area contributed by atoms with Gasteiger partial charge >= 0.3 is 0 Å². The maximum Gasteiger partial charge on any atom is 0.238 e. The summed E-state index contributed by atoms with van der Waals surface area (Å²) in [5.74, 6) is -0.0213. The van der Waals surface area contributed by atoms with Gasteiger partial charge in [0.1, 0.15) is 0 Å². The van der Waals surface area contributed by atoms with Crippen molar-refractivity contribution >= 4 is 28.9 Å². The van der Waals surface area contributed by atoms with Gasteiger partial charge < -0.3 is 11.1 Å². The minimum atomic E-state index is -0.0213. The molecule has 0 bridgehead atoms. The van der Waals surface area contributed by atoms with Crippen LogP contribution in [0.3, 0.4) is 0 Å². The van der Waals surface area contributed by atoms with Gasteiger partial charge in [-0.1, -0.05) is 25.4 Å². The zero-order valence-corrected chi connectivity index (χ0v) is 13.5. The summed E-state index contributed by atoms with van der Waals surface area (Å²) in [6.45, 7) is 6.89. The number of carbonyl (C=O) groups excluding carboxylic acids is 1. The topological polar surface area (TPSA) is 58.4 Å². The van der Waals surface area contributed by atoms with E-state index >= 15 is 0 Å². The predicted octanol–water partition coefficient (Wildman–Crippen LogP) is 3.37. The second-order valence-electron chi connectivity index (χ2n) is 5.95. The van der Waals surface area contributed by atoms with Crippen LogP contribution in [0.5, 0.6) is 0 Å². The van der Waals surface area contributed by atoms with Crippen molar-refractivity contribution in [2.45, 2.75) is 33.1 Å². The third-order valence-electron chi connectivity index (χ3n) is 4.67. The molecule has 1 aromatic rings. The van der Waals surface area contributed by atoms with E-state index in [2.05, 4.69) is 24.1 Å². The van der Waals surface area contributed by atoms with E-state index in [4.69, 9.17) is 17.3 Å². The lowest BCUT2D eigenvalue weighted by Gasteiger charge is -2.26. The quantitative estimate of drug-likeness (QED) is 0.820. The Morgan fingerprint density at radius 2 is 2.14 bits per heavy atom. The first-order valence-corrected chi connectivity index (χ1v) is 7.93. The molecule has 0 aliphatic carbocycles. The van der Waals surface area contributed by atoms with E-state index in [1.165, 1.54) is 19.3 Å². The van der Waals surface area contributed by atoms with Crippen molar-refractivity contribution < 1.29 is 4.79 Å². The number of halogens is 1. The Hall–Kier alpha value is -1.26. The Bertz CT molecular complexity index is 514. The minimum Gasteiger partial charge on any atom is -0.397 e. The SMILES string of the molecule is CCC1(CC)CCN(CC(=O)Nc2ccc(Cl)cc2N)C1. The molecule has 3 N–H and O–H groups in total. The highest BCUT2D eigenvalue weighted by atomic mass is 35.5. The van der Waals surface area contributed by atoms with Crippen LogP contribution in [0.15, 0.2) is 18.2 Å². The zero-order chi connectivity index (χ0) is 15.5. The van der Waals surface area contributed by atoms with E-state index in [0.29, 0.717) is 28.4 Å². The van der Waals surface area contributed by atoms with Crippen LogP contribution in [0.25, 0.3) is 0 Å². The molecule has 21 heavy (non-hydrogen) atoms. The van der Waals surface area contributed by atoms with Crippen LogP contribution in [0.2, 0.25) is 5.02 Å². The lowest BCUT2D eigenvalue weighted by Crippen LogP contribution is -2.33. The summed E-state index contributed by atoms with van der Waals surface area (Å²) in [5.41, 5.74) is 7.36. The largest absolute Gasteiger partial charge is 0.397 e. The van der Waals surface area contributed by atoms with Gasteiger partial charge in [0, 0.05) is 11.6 Å². The third-order valence-corrected chi connectivity index (χ3v) is 4.91. The van der Waals surface area contributed by atoms with Crippen molar-refractivity contribution in [2.75, 3.05) is 30.7 Å². The summed E-state index contributed by atoms with van der Waals surface area (Å²) in [6.07, 6.45) is 3.52. The molecule has 0 aromatic heterocycles. The van der Waals surface area contributed by atoms with Gasteiger partial charge in [0.25, 0.3) is 0 Å². The average Bonchev–Trinajstić information content (AvgIpc) is 2.86. The molecule has 1 saturated heterocycles. The van der Waals surface area contributed by atoms with E-state index in [9.17, 15) is 4.79 Å². The minimum absolute atomic E-state index is 0.0213. The van der Waals surface area contributed by atoms with Crippen molar-refractivity contribution in [3.8, 4) is 0 Å². The normalized spacial score (nSPS) is 17.9. The van der Waals surface area contributed by atoms with Crippen LogP contribution >= 0.6 is 11.6 Å². The maximum absolute atomic E-state index is 12.2. The Labute approximate surface area is 131 Å². The van der Waals surface area contributed by atoms with Crippen molar-refractivity contribution in [1.29, 1.82) is 0 Å². The number of hydrogen-bond acceptors (Lipinski definition) is 3. The zero-order valence-electron chi connectivity index (χ0n) is 12.8. The standard InChI is InChI=1S/C16H24ClN3O/c1-3-16(4-2)7-8-20(11-16)10-15(21)19-14-6-5-12(17)9-13(14)18/h5-6,9H,3-4,7-8,10-11,18H2,1-2H3,(H,19,21). The van der Waals surface area contributed by atoms with Crippen molar-refractivity contribution in [1.82, 2.24) is 4.90 Å². The summed E-state index contributed by atoms with van der Waals surface area (Å²) >= 11 is 5.85. The Kier molecular flexibility index (Phi) is 5.12. The number of amides is 1. The van der Waals surface area contributed by atoms with E-state index in [-0.39, 0.29) is 5.91 Å². The van der Waals surface area contributed by atoms with Crippen LogP contribution < -0.4 is 11.1 Å². The highest BCUT2D eigenvalue weighted by Crippen LogP contribution is 2.36. The maximum atomic E-state index is 12.2. The Morgan fingerprint density at radius 3 is 2.71 bits per heavy atom. The molecule has 1 fully saturated rings. The van der Waals surface area contributed by atoms with Crippen molar-refractivity contribution in [3.05, 3.63) is 23.2 Å². The molecule has 1 aliphatic heterocycles. The molecule has 0 saturated carbocycles. The van der Waals surface area contributed by atoms with Crippen LogP contribution in [0, 0.1) is 5.41 Å². The summed E-state index contributed by atoms with van der Waals surface area (Å²) in [6, 6.07) is 5.11. The van der Waals surface area contributed by atoms with Gasteiger partial charge in [0.05, 0.1) is 17.9 Å². The molecule has 0 radical (unpaired) electrons. The molecule has 2 rings (SSSR count). The van der Waals surface area contributed by atoms with Crippen LogP contribution in [-0.4, -0.2) is 30.4 Å². The summed E-state index contributed by atoms with van der Waals surface area (Å²) in [7, 11) is 0. The molecule has 1 aliphatic rings. The number of likely N-dealkylation sites (tertiary alicyclic amines) is 1. The molecule has 1 heterocycles. The fourth-order valence-electron chi connectivity index (χ4n) is 3.03. The van der Waals surface area contributed by atoms with Crippen LogP contribution in [-0.2, 0) is 4.79 Å². The van der Waals surface area contributed by atoms with E-state index in [1.807, 2.05) is 0 Å². The molecule has 0 unspecified atom stereocenters. The first-order valence-electron chi connectivity index (χ1n) is 7.55. The van der Waals surface area contributed by atoms with Gasteiger partial charge in [0.2, 0.25) is 5.91 Å². The predicted molar refractivity (Wildman–Crippen MR) is 88.6 cm³/mol. The Balaban J connectivity index is 1.91. The number of nitrogens with zero attached hydrogens (tertiary/aromatic N) is 1. The fraction of sp³-hybridized carbons (Fsp3) is 0.562. The molecule has 4 nitrogen and oxygen atoms in total. The molecule has 0 spiro atoms. The van der Waals surface area contributed by atoms with Crippen molar-refractivity contribution in [3.63, 3.8) is 0 Å². The van der Waals surface area contributed by atoms with Gasteiger partial charge in [-0.2, -0.15) is 0 Å². The molecule has 0 atom stereocenters. The highest BCUT2D eigenvalue weighted by molar-refractivity contribution is 6.31. The first-order chi connectivity index (χ1) is 9.98. The number of anilines is 2. The first kappa shape index (κ1) is 16.1. The number of benzene rings is 1. The summed E-state index contributed by atoms with van der Waals surface area (Å²) in [4.78, 5) is 14.4. The summed E-state index contributed by atoms with van der Waals surface area (Å²) in [5, 5.41) is 3.43. The average molecular weight is 310 g/mol. The molecule has 5 heteroatoms. The second kappa shape index (κ2) is 6.67. The number of nitrogens with two attached hydrogens (primary N) is 1. The van der Waals surface area contributed by atoms with Gasteiger partial charge in [0.15, 0.2) is 0 Å². The number of carbonyl (C=O) groups is 1. The van der Waals surface area contributed by atoms with Crippen molar-refractivity contribution in [2.24, 2.45) is 5.41 Å². The number of hydrogen-bond donors (Lipinski definition) is 2. The number of nitrogen functional groups attached to an aromatic ring is 1. The number of rotatable bonds is 5. The number of nitrogens with one attached hydrogen (secondary N) is 1. The van der Waals surface area contributed by atoms with E-state index in [1.54, 1.807) is 18.2 Å². The molecule has 116 valence electrons. The lowest BCUT2D eigenvalue weighted by molar-refractivity contribution is -0.117. The monoisotopic (exact) mass is 309 g/mol. The molecule has 1 aromatic carbocycles. The van der Waals surface area contributed by atoms with Crippen LogP contribution in [0.1, 0.15) is 33.1 Å². The Morgan fingerprint density at radius 1 is 1.43 bits per heavy atom. The smallest absolute Gasteiger partial charge is 0.238 e. The molecular formula is C16H24ClN3O. The van der Waals surface area contributed by atoms with Gasteiger partial charge in [-0.25, -0.2) is 0 Å². The van der Waals surface area contributed by atoms with Crippen LogP contribution in [0.4, 0.5) is 11.4 Å². The highest BCUT2D eigenvalue weighted by Gasteiger charge is 2.35. The lowest BCUT2D eigenvalue weighted by atomic mass is 9.82. The van der Waals surface area contributed by atoms with Gasteiger partial charge in [-0.05, 0) is 49.4 Å².